The highest BCUT2D eigenvalue weighted by Gasteiger charge is 2.41. The topological polar surface area (TPSA) is 52.6 Å². The first-order valence-electron chi connectivity index (χ1n) is 8.31. The van der Waals surface area contributed by atoms with Crippen molar-refractivity contribution >= 4 is 5.91 Å². The molecular formula is C16H28N2O2. The molecule has 3 aliphatic rings. The SMILES string of the molecule is CN(CC1(O)CCCC1)C(=O)C1CC2CCCCC2N1. The number of aliphatic hydroxyl groups is 1. The fraction of sp³-hybridized carbons (Fsp3) is 0.938. The van der Waals surface area contributed by atoms with E-state index in [0.29, 0.717) is 18.5 Å². The van der Waals surface area contributed by atoms with Crippen LogP contribution in [0.25, 0.3) is 0 Å². The number of carbonyl (C=O) groups excluding carboxylic acids is 1. The van der Waals surface area contributed by atoms with Crippen molar-refractivity contribution < 1.29 is 9.90 Å². The fourth-order valence-electron chi connectivity index (χ4n) is 4.49. The molecule has 2 aliphatic carbocycles. The van der Waals surface area contributed by atoms with Crippen molar-refractivity contribution in [1.82, 2.24) is 10.2 Å². The number of nitrogens with zero attached hydrogens (tertiary/aromatic N) is 1. The summed E-state index contributed by atoms with van der Waals surface area (Å²) in [4.78, 5) is 14.3. The van der Waals surface area contributed by atoms with E-state index in [1.54, 1.807) is 4.90 Å². The maximum absolute atomic E-state index is 12.6. The quantitative estimate of drug-likeness (QED) is 0.827. The molecule has 20 heavy (non-hydrogen) atoms. The van der Waals surface area contributed by atoms with Crippen molar-refractivity contribution in [3.63, 3.8) is 0 Å². The number of amides is 1. The van der Waals surface area contributed by atoms with E-state index in [1.807, 2.05) is 7.05 Å². The molecule has 0 aromatic carbocycles. The zero-order chi connectivity index (χ0) is 14.2. The van der Waals surface area contributed by atoms with E-state index in [9.17, 15) is 9.90 Å². The lowest BCUT2D eigenvalue weighted by Crippen LogP contribution is -2.49. The van der Waals surface area contributed by atoms with Crippen molar-refractivity contribution in [2.75, 3.05) is 13.6 Å². The van der Waals surface area contributed by atoms with Crippen LogP contribution >= 0.6 is 0 Å². The number of fused-ring (bicyclic) bond motifs is 1. The Morgan fingerprint density at radius 3 is 2.65 bits per heavy atom. The predicted molar refractivity (Wildman–Crippen MR) is 78.3 cm³/mol. The molecule has 3 fully saturated rings. The molecule has 4 heteroatoms. The first-order valence-corrected chi connectivity index (χ1v) is 8.31. The smallest absolute Gasteiger partial charge is 0.239 e. The third-order valence-corrected chi connectivity index (χ3v) is 5.60. The molecule has 1 saturated heterocycles. The van der Waals surface area contributed by atoms with E-state index in [1.165, 1.54) is 25.7 Å². The molecule has 2 N–H and O–H groups in total. The molecule has 0 spiro atoms. The summed E-state index contributed by atoms with van der Waals surface area (Å²) in [5.41, 5.74) is -0.629. The van der Waals surface area contributed by atoms with Gasteiger partial charge in [0, 0.05) is 19.6 Å². The molecule has 3 atom stereocenters. The van der Waals surface area contributed by atoms with Gasteiger partial charge >= 0.3 is 0 Å². The standard InChI is InChI=1S/C16H28N2O2/c1-18(11-16(20)8-4-5-9-16)15(19)14-10-12-6-2-3-7-13(12)17-14/h12-14,17,20H,2-11H2,1H3. The van der Waals surface area contributed by atoms with Gasteiger partial charge in [0.25, 0.3) is 0 Å². The molecule has 0 aromatic rings. The van der Waals surface area contributed by atoms with Gasteiger partial charge in [-0.05, 0) is 38.0 Å². The van der Waals surface area contributed by atoms with Gasteiger partial charge in [-0.3, -0.25) is 4.79 Å². The maximum atomic E-state index is 12.6. The van der Waals surface area contributed by atoms with Gasteiger partial charge < -0.3 is 15.3 Å². The summed E-state index contributed by atoms with van der Waals surface area (Å²) in [5.74, 6) is 0.875. The monoisotopic (exact) mass is 280 g/mol. The normalized spacial score (nSPS) is 35.8. The van der Waals surface area contributed by atoms with E-state index >= 15 is 0 Å². The van der Waals surface area contributed by atoms with Gasteiger partial charge in [0.05, 0.1) is 11.6 Å². The van der Waals surface area contributed by atoms with Crippen LogP contribution in [0.2, 0.25) is 0 Å². The summed E-state index contributed by atoms with van der Waals surface area (Å²) >= 11 is 0. The van der Waals surface area contributed by atoms with E-state index in [-0.39, 0.29) is 11.9 Å². The third-order valence-electron chi connectivity index (χ3n) is 5.60. The predicted octanol–water partition coefficient (Wildman–Crippen LogP) is 1.67. The zero-order valence-corrected chi connectivity index (χ0v) is 12.6. The minimum Gasteiger partial charge on any atom is -0.388 e. The fourth-order valence-corrected chi connectivity index (χ4v) is 4.49. The Kier molecular flexibility index (Phi) is 4.04. The molecule has 0 bridgehead atoms. The Bertz CT molecular complexity index is 351. The van der Waals surface area contributed by atoms with Crippen molar-refractivity contribution in [2.45, 2.75) is 75.5 Å². The Morgan fingerprint density at radius 1 is 1.25 bits per heavy atom. The number of hydrogen-bond acceptors (Lipinski definition) is 3. The van der Waals surface area contributed by atoms with Gasteiger partial charge in [-0.1, -0.05) is 25.7 Å². The van der Waals surface area contributed by atoms with E-state index in [2.05, 4.69) is 5.32 Å². The minimum atomic E-state index is -0.629. The van der Waals surface area contributed by atoms with Crippen LogP contribution in [-0.4, -0.2) is 47.2 Å². The minimum absolute atomic E-state index is 0.0156. The summed E-state index contributed by atoms with van der Waals surface area (Å²) in [6.45, 7) is 0.499. The lowest BCUT2D eigenvalue weighted by molar-refractivity contribution is -0.135. The highest BCUT2D eigenvalue weighted by molar-refractivity contribution is 5.82. The van der Waals surface area contributed by atoms with Crippen LogP contribution in [-0.2, 0) is 4.79 Å². The second kappa shape index (κ2) is 5.64. The molecule has 2 saturated carbocycles. The molecule has 1 heterocycles. The van der Waals surface area contributed by atoms with Crippen molar-refractivity contribution in [1.29, 1.82) is 0 Å². The second-order valence-corrected chi connectivity index (χ2v) is 7.23. The Labute approximate surface area is 121 Å². The van der Waals surface area contributed by atoms with Gasteiger partial charge in [-0.25, -0.2) is 0 Å². The number of rotatable bonds is 3. The Morgan fingerprint density at radius 2 is 1.95 bits per heavy atom. The van der Waals surface area contributed by atoms with Gasteiger partial charge in [0.1, 0.15) is 0 Å². The van der Waals surface area contributed by atoms with Gasteiger partial charge in [-0.2, -0.15) is 0 Å². The molecule has 3 rings (SSSR count). The van der Waals surface area contributed by atoms with Crippen LogP contribution < -0.4 is 5.32 Å². The van der Waals surface area contributed by atoms with Crippen molar-refractivity contribution in [2.24, 2.45) is 5.92 Å². The molecule has 4 nitrogen and oxygen atoms in total. The number of nitrogens with one attached hydrogen (secondary N) is 1. The molecule has 1 aliphatic heterocycles. The first-order chi connectivity index (χ1) is 9.57. The lowest BCUT2D eigenvalue weighted by Gasteiger charge is -2.30. The molecule has 114 valence electrons. The molecular weight excluding hydrogens is 252 g/mol. The summed E-state index contributed by atoms with van der Waals surface area (Å²) in [6.07, 6.45) is 9.96. The second-order valence-electron chi connectivity index (χ2n) is 7.23. The molecule has 1 amide bonds. The highest BCUT2D eigenvalue weighted by Crippen LogP contribution is 2.34. The lowest BCUT2D eigenvalue weighted by atomic mass is 9.85. The average Bonchev–Trinajstić information content (AvgIpc) is 3.03. The van der Waals surface area contributed by atoms with Crippen LogP contribution in [0.1, 0.15) is 57.8 Å². The average molecular weight is 280 g/mol. The summed E-state index contributed by atoms with van der Waals surface area (Å²) < 4.78 is 0. The summed E-state index contributed by atoms with van der Waals surface area (Å²) in [5, 5.41) is 14.0. The largest absolute Gasteiger partial charge is 0.388 e. The Hall–Kier alpha value is -0.610. The summed E-state index contributed by atoms with van der Waals surface area (Å²) in [7, 11) is 1.85. The van der Waals surface area contributed by atoms with E-state index < -0.39 is 5.60 Å². The number of hydrogen-bond donors (Lipinski definition) is 2. The van der Waals surface area contributed by atoms with Gasteiger partial charge in [0.15, 0.2) is 0 Å². The highest BCUT2D eigenvalue weighted by atomic mass is 16.3. The molecule has 3 unspecified atom stereocenters. The summed E-state index contributed by atoms with van der Waals surface area (Å²) in [6, 6.07) is 0.541. The number of carbonyl (C=O) groups is 1. The number of likely N-dealkylation sites (N-methyl/N-ethyl adjacent to an activating group) is 1. The van der Waals surface area contributed by atoms with Gasteiger partial charge in [-0.15, -0.1) is 0 Å². The molecule has 0 radical (unpaired) electrons. The van der Waals surface area contributed by atoms with Crippen LogP contribution in [0, 0.1) is 5.92 Å². The Balaban J connectivity index is 1.55. The van der Waals surface area contributed by atoms with Gasteiger partial charge in [0.2, 0.25) is 5.91 Å². The molecule has 0 aromatic heterocycles. The van der Waals surface area contributed by atoms with Crippen LogP contribution in [0.5, 0.6) is 0 Å². The van der Waals surface area contributed by atoms with Crippen LogP contribution in [0.4, 0.5) is 0 Å². The maximum Gasteiger partial charge on any atom is 0.239 e. The van der Waals surface area contributed by atoms with E-state index in [4.69, 9.17) is 0 Å². The van der Waals surface area contributed by atoms with Crippen LogP contribution in [0.3, 0.4) is 0 Å². The zero-order valence-electron chi connectivity index (χ0n) is 12.6. The van der Waals surface area contributed by atoms with Crippen molar-refractivity contribution in [3.05, 3.63) is 0 Å². The first kappa shape index (κ1) is 14.3. The van der Waals surface area contributed by atoms with Crippen LogP contribution in [0.15, 0.2) is 0 Å². The van der Waals surface area contributed by atoms with E-state index in [0.717, 1.165) is 32.1 Å². The van der Waals surface area contributed by atoms with Crippen molar-refractivity contribution in [3.8, 4) is 0 Å². The third kappa shape index (κ3) is 2.86.